The molecule has 0 amide bonds. The van der Waals surface area contributed by atoms with Crippen LogP contribution in [0.25, 0.3) is 22.8 Å². The number of nitrogens with zero attached hydrogens (tertiary/aromatic N) is 7. The Hall–Kier alpha value is -3.07. The molecule has 0 aliphatic carbocycles. The molecule has 3 atom stereocenters. The third kappa shape index (κ3) is 2.79. The molecule has 3 aliphatic heterocycles. The maximum absolute atomic E-state index is 5.27. The van der Waals surface area contributed by atoms with Gasteiger partial charge in [0.05, 0.1) is 46.4 Å². The van der Waals surface area contributed by atoms with Crippen LogP contribution in [0.3, 0.4) is 0 Å². The quantitative estimate of drug-likeness (QED) is 0.542. The normalized spacial score (nSPS) is 25.9. The van der Waals surface area contributed by atoms with Gasteiger partial charge in [0.25, 0.3) is 0 Å². The summed E-state index contributed by atoms with van der Waals surface area (Å²) in [4.78, 5) is 24.7. The molecule has 0 spiro atoms. The van der Waals surface area contributed by atoms with Crippen molar-refractivity contribution >= 4 is 28.7 Å². The Bertz CT molecular complexity index is 1310. The fourth-order valence-electron chi connectivity index (χ4n) is 5.91. The van der Waals surface area contributed by atoms with Crippen molar-refractivity contribution in [1.82, 2.24) is 25.1 Å². The molecule has 0 saturated carbocycles. The summed E-state index contributed by atoms with van der Waals surface area (Å²) in [6.07, 6.45) is 8.08. The van der Waals surface area contributed by atoms with Crippen LogP contribution in [0.5, 0.6) is 0 Å². The van der Waals surface area contributed by atoms with Gasteiger partial charge >= 0.3 is 0 Å². The second-order valence-electron chi connectivity index (χ2n) is 9.52. The van der Waals surface area contributed by atoms with Crippen molar-refractivity contribution in [3.63, 3.8) is 0 Å². The minimum absolute atomic E-state index is 0.149. The summed E-state index contributed by atoms with van der Waals surface area (Å²) < 4.78 is 0. The summed E-state index contributed by atoms with van der Waals surface area (Å²) in [5, 5.41) is 9.41. The summed E-state index contributed by atoms with van der Waals surface area (Å²) >= 11 is 1.56. The summed E-state index contributed by atoms with van der Waals surface area (Å²) in [7, 11) is 0. The standard InChI is InChI=1S/C25H30N8S/c1-6-17-8-9-25(7-2)24-29-15(4)14(3)16(5)32(24)20-11-26-22(30-23(20)33(17)25)18-10-28-31-21(18)19-12-34-13-27-19/h10-13,15,17H,6-9H2,1-5H3,(H,28,31). The number of allylic oxidation sites excluding steroid dienone is 1. The Kier molecular flexibility index (Phi) is 4.88. The van der Waals surface area contributed by atoms with Crippen LogP contribution in [0.1, 0.15) is 60.3 Å². The Morgan fingerprint density at radius 2 is 2.06 bits per heavy atom. The number of aromatic nitrogens is 5. The first-order valence-corrected chi connectivity index (χ1v) is 13.1. The van der Waals surface area contributed by atoms with Crippen molar-refractivity contribution in [1.29, 1.82) is 0 Å². The Labute approximate surface area is 203 Å². The summed E-state index contributed by atoms with van der Waals surface area (Å²) in [6, 6.07) is 0.613. The number of H-pyrrole nitrogens is 1. The van der Waals surface area contributed by atoms with Crippen molar-refractivity contribution in [2.24, 2.45) is 4.99 Å². The highest BCUT2D eigenvalue weighted by atomic mass is 32.1. The number of aliphatic imine (C=N–C) groups is 1. The molecule has 6 rings (SSSR count). The number of rotatable bonds is 4. The predicted molar refractivity (Wildman–Crippen MR) is 137 cm³/mol. The van der Waals surface area contributed by atoms with Gasteiger partial charge in [0, 0.05) is 17.1 Å². The molecule has 3 aromatic heterocycles. The fourth-order valence-corrected chi connectivity index (χ4v) is 6.45. The average Bonchev–Trinajstić information content (AvgIpc) is 3.61. The van der Waals surface area contributed by atoms with Crippen LogP contribution in [0, 0.1) is 0 Å². The molecular weight excluding hydrogens is 444 g/mol. The molecule has 34 heavy (non-hydrogen) atoms. The molecule has 176 valence electrons. The number of aromatic amines is 1. The summed E-state index contributed by atoms with van der Waals surface area (Å²) in [5.41, 5.74) is 7.83. The molecule has 1 fully saturated rings. The van der Waals surface area contributed by atoms with Crippen molar-refractivity contribution in [3.05, 3.63) is 34.6 Å². The molecule has 3 aliphatic rings. The lowest BCUT2D eigenvalue weighted by atomic mass is 9.86. The minimum Gasteiger partial charge on any atom is -0.339 e. The van der Waals surface area contributed by atoms with Gasteiger partial charge in [-0.15, -0.1) is 11.3 Å². The number of thiazole rings is 1. The maximum Gasteiger partial charge on any atom is 0.165 e. The van der Waals surface area contributed by atoms with Gasteiger partial charge in [-0.25, -0.2) is 15.0 Å². The van der Waals surface area contributed by atoms with E-state index in [1.54, 1.807) is 17.5 Å². The van der Waals surface area contributed by atoms with E-state index in [1.165, 1.54) is 11.3 Å². The van der Waals surface area contributed by atoms with Crippen LogP contribution in [0.4, 0.5) is 11.5 Å². The Morgan fingerprint density at radius 3 is 2.79 bits per heavy atom. The number of amidine groups is 1. The zero-order valence-electron chi connectivity index (χ0n) is 20.3. The van der Waals surface area contributed by atoms with E-state index in [-0.39, 0.29) is 11.6 Å². The molecule has 0 radical (unpaired) electrons. The van der Waals surface area contributed by atoms with E-state index in [2.05, 4.69) is 59.6 Å². The van der Waals surface area contributed by atoms with Gasteiger partial charge in [0.2, 0.25) is 0 Å². The predicted octanol–water partition coefficient (Wildman–Crippen LogP) is 5.43. The second kappa shape index (κ2) is 7.73. The Balaban J connectivity index is 1.58. The molecule has 6 heterocycles. The molecule has 1 saturated heterocycles. The lowest BCUT2D eigenvalue weighted by Gasteiger charge is -2.52. The van der Waals surface area contributed by atoms with Crippen LogP contribution < -0.4 is 9.80 Å². The molecule has 0 bridgehead atoms. The molecule has 3 aromatic rings. The Morgan fingerprint density at radius 1 is 1.21 bits per heavy atom. The highest BCUT2D eigenvalue weighted by Crippen LogP contribution is 2.52. The zero-order valence-corrected chi connectivity index (χ0v) is 21.1. The molecule has 3 unspecified atom stereocenters. The third-order valence-corrected chi connectivity index (χ3v) is 8.62. The van der Waals surface area contributed by atoms with Crippen LogP contribution in [0.15, 0.2) is 39.5 Å². The van der Waals surface area contributed by atoms with Gasteiger partial charge < -0.3 is 4.90 Å². The molecular formula is C25H30N8S. The van der Waals surface area contributed by atoms with Crippen molar-refractivity contribution in [2.45, 2.75) is 77.9 Å². The molecule has 0 aromatic carbocycles. The van der Waals surface area contributed by atoms with Gasteiger partial charge in [-0.3, -0.25) is 15.0 Å². The molecule has 9 heteroatoms. The SMILES string of the molecule is CCC1CCC2(CC)C3=NC(C)C(C)=C(C)N3c3cnc(-c4cn[nH]c4-c4cscn4)nc3N12. The number of nitrogens with one attached hydrogen (secondary N) is 1. The smallest absolute Gasteiger partial charge is 0.165 e. The first-order valence-electron chi connectivity index (χ1n) is 12.1. The lowest BCUT2D eigenvalue weighted by Crippen LogP contribution is -2.63. The molecule has 8 nitrogen and oxygen atoms in total. The number of hydrogen-bond acceptors (Lipinski definition) is 8. The summed E-state index contributed by atoms with van der Waals surface area (Å²) in [5.74, 6) is 2.84. The van der Waals surface area contributed by atoms with E-state index in [1.807, 2.05) is 17.1 Å². The van der Waals surface area contributed by atoms with E-state index in [0.29, 0.717) is 11.9 Å². The van der Waals surface area contributed by atoms with E-state index < -0.39 is 0 Å². The largest absolute Gasteiger partial charge is 0.339 e. The highest BCUT2D eigenvalue weighted by molar-refractivity contribution is 7.07. The van der Waals surface area contributed by atoms with E-state index in [4.69, 9.17) is 15.0 Å². The fraction of sp³-hybridized carbons (Fsp3) is 0.480. The van der Waals surface area contributed by atoms with E-state index in [9.17, 15) is 0 Å². The lowest BCUT2D eigenvalue weighted by molar-refractivity contribution is 0.497. The first kappa shape index (κ1) is 21.5. The van der Waals surface area contributed by atoms with Gasteiger partial charge in [-0.1, -0.05) is 13.8 Å². The first-order chi connectivity index (χ1) is 16.5. The van der Waals surface area contributed by atoms with Gasteiger partial charge in [-0.05, 0) is 52.0 Å². The van der Waals surface area contributed by atoms with E-state index in [0.717, 1.165) is 60.0 Å². The topological polar surface area (TPSA) is 86.2 Å². The number of hydrogen-bond donors (Lipinski definition) is 1. The van der Waals surface area contributed by atoms with Crippen molar-refractivity contribution in [2.75, 3.05) is 9.80 Å². The second-order valence-corrected chi connectivity index (χ2v) is 10.2. The number of anilines is 2. The van der Waals surface area contributed by atoms with Crippen molar-refractivity contribution in [3.8, 4) is 22.8 Å². The minimum atomic E-state index is -0.149. The van der Waals surface area contributed by atoms with Gasteiger partial charge in [-0.2, -0.15) is 5.10 Å². The van der Waals surface area contributed by atoms with Crippen LogP contribution in [0.2, 0.25) is 0 Å². The summed E-state index contributed by atoms with van der Waals surface area (Å²) in [6.45, 7) is 11.2. The highest BCUT2D eigenvalue weighted by Gasteiger charge is 2.56. The van der Waals surface area contributed by atoms with E-state index >= 15 is 0 Å². The zero-order chi connectivity index (χ0) is 23.6. The maximum atomic E-state index is 5.27. The molecule has 1 N–H and O–H groups in total. The van der Waals surface area contributed by atoms with Crippen LogP contribution in [-0.4, -0.2) is 48.6 Å². The average molecular weight is 475 g/mol. The van der Waals surface area contributed by atoms with Gasteiger partial charge in [0.15, 0.2) is 11.6 Å². The number of fused-ring (bicyclic) bond motifs is 6. The van der Waals surface area contributed by atoms with Crippen LogP contribution in [-0.2, 0) is 0 Å². The van der Waals surface area contributed by atoms with Gasteiger partial charge in [0.1, 0.15) is 11.5 Å². The van der Waals surface area contributed by atoms with Crippen molar-refractivity contribution < 1.29 is 0 Å². The monoisotopic (exact) mass is 474 g/mol. The van der Waals surface area contributed by atoms with Crippen LogP contribution >= 0.6 is 11.3 Å². The third-order valence-electron chi connectivity index (χ3n) is 8.04.